The molecular formula is C41H39Cl2N7O3. The van der Waals surface area contributed by atoms with Crippen molar-refractivity contribution in [1.29, 1.82) is 0 Å². The van der Waals surface area contributed by atoms with Crippen molar-refractivity contribution in [1.82, 2.24) is 24.8 Å². The van der Waals surface area contributed by atoms with Gasteiger partial charge in [0.1, 0.15) is 11.4 Å². The van der Waals surface area contributed by atoms with Crippen LogP contribution in [0, 0.1) is 0 Å². The zero-order chi connectivity index (χ0) is 36.6. The molecule has 0 aliphatic carbocycles. The highest BCUT2D eigenvalue weighted by Crippen LogP contribution is 2.42. The Hall–Kier alpha value is -5.45. The van der Waals surface area contributed by atoms with Crippen LogP contribution in [0.15, 0.2) is 97.3 Å². The monoisotopic (exact) mass is 747 g/mol. The number of urea groups is 1. The van der Waals surface area contributed by atoms with Crippen molar-refractivity contribution < 1.29 is 14.3 Å². The van der Waals surface area contributed by atoms with E-state index in [0.29, 0.717) is 39.3 Å². The number of aromatic nitrogens is 3. The average Bonchev–Trinajstić information content (AvgIpc) is 3.91. The fourth-order valence-corrected chi connectivity index (χ4v) is 7.95. The van der Waals surface area contributed by atoms with E-state index in [1.807, 2.05) is 102 Å². The SMILES string of the molecule is COc1ccc(N2CCC(N3CCNC3=O)CC2)c(NC(=O)c2[nH]c3cc(Cl)ccc3c2-c2c(-c3ccccc3)ncn2[C@@H](C)c2ccc(Cl)cc2)c1. The number of carbonyl (C=O) groups excluding carboxylic acids is 2. The molecule has 3 N–H and O–H groups in total. The van der Waals surface area contributed by atoms with Gasteiger partial charge in [-0.1, -0.05) is 71.7 Å². The minimum Gasteiger partial charge on any atom is -0.497 e. The number of benzene rings is 4. The second-order valence-corrected chi connectivity index (χ2v) is 14.4. The summed E-state index contributed by atoms with van der Waals surface area (Å²) in [5.74, 6) is 0.300. The van der Waals surface area contributed by atoms with E-state index in [9.17, 15) is 9.59 Å². The highest BCUT2D eigenvalue weighted by Gasteiger charge is 2.32. The minimum atomic E-state index is -0.323. The number of rotatable bonds is 9. The predicted molar refractivity (Wildman–Crippen MR) is 212 cm³/mol. The molecule has 270 valence electrons. The van der Waals surface area contributed by atoms with E-state index in [0.717, 1.165) is 71.6 Å². The molecule has 2 fully saturated rings. The molecule has 3 amide bonds. The van der Waals surface area contributed by atoms with Gasteiger partial charge in [-0.2, -0.15) is 0 Å². The van der Waals surface area contributed by atoms with Gasteiger partial charge in [-0.05, 0) is 61.7 Å². The van der Waals surface area contributed by atoms with E-state index in [1.54, 1.807) is 7.11 Å². The fourth-order valence-electron chi connectivity index (χ4n) is 7.65. The number of carbonyl (C=O) groups is 2. The van der Waals surface area contributed by atoms with Crippen molar-refractivity contribution >= 4 is 57.4 Å². The van der Waals surface area contributed by atoms with Crippen molar-refractivity contribution in [2.75, 3.05) is 43.5 Å². The number of hydrogen-bond acceptors (Lipinski definition) is 5. The van der Waals surface area contributed by atoms with Crippen LogP contribution in [-0.4, -0.2) is 70.7 Å². The van der Waals surface area contributed by atoms with Crippen LogP contribution in [-0.2, 0) is 0 Å². The van der Waals surface area contributed by atoms with Crippen molar-refractivity contribution in [3.8, 4) is 28.3 Å². The quantitative estimate of drug-likeness (QED) is 0.137. The number of methoxy groups -OCH3 is 1. The topological polar surface area (TPSA) is 108 Å². The van der Waals surface area contributed by atoms with Gasteiger partial charge >= 0.3 is 6.03 Å². The number of piperidine rings is 1. The van der Waals surface area contributed by atoms with Crippen LogP contribution in [0.1, 0.15) is 41.9 Å². The van der Waals surface area contributed by atoms with Gasteiger partial charge in [0.25, 0.3) is 5.91 Å². The van der Waals surface area contributed by atoms with Crippen LogP contribution < -0.4 is 20.3 Å². The maximum Gasteiger partial charge on any atom is 0.317 e. The van der Waals surface area contributed by atoms with Crippen molar-refractivity contribution in [2.24, 2.45) is 0 Å². The van der Waals surface area contributed by atoms with E-state index in [1.165, 1.54) is 0 Å². The third kappa shape index (κ3) is 6.69. The number of imidazole rings is 1. The van der Waals surface area contributed by atoms with Gasteiger partial charge in [0.05, 0.1) is 42.2 Å². The predicted octanol–water partition coefficient (Wildman–Crippen LogP) is 8.87. The summed E-state index contributed by atoms with van der Waals surface area (Å²) in [6.45, 7) is 5.00. The van der Waals surface area contributed by atoms with Gasteiger partial charge < -0.3 is 34.7 Å². The number of H-pyrrole nitrogens is 1. The maximum atomic E-state index is 14.8. The molecule has 2 aliphatic rings. The second kappa shape index (κ2) is 14.5. The first-order valence-electron chi connectivity index (χ1n) is 17.8. The molecule has 4 aromatic carbocycles. The molecule has 0 spiro atoms. The lowest BCUT2D eigenvalue weighted by atomic mass is 9.99. The van der Waals surface area contributed by atoms with Crippen LogP contribution in [0.5, 0.6) is 5.75 Å². The highest BCUT2D eigenvalue weighted by molar-refractivity contribution is 6.31. The number of hydrogen-bond donors (Lipinski definition) is 3. The van der Waals surface area contributed by atoms with Crippen molar-refractivity contribution in [2.45, 2.75) is 31.8 Å². The van der Waals surface area contributed by atoms with Crippen LogP contribution in [0.4, 0.5) is 16.2 Å². The molecule has 4 heterocycles. The standard InChI is InChI=1S/C41H39Cl2N7O3/c1-25(26-8-10-28(42)11-9-26)50-24-45-37(27-6-4-3-5-7-27)39(50)36-32-14-12-29(43)22-33(32)46-38(36)40(51)47-34-23-31(53-2)13-15-35(34)48-19-16-30(17-20-48)49-21-18-44-41(49)52/h3-15,22-25,30,46H,16-21H2,1-2H3,(H,44,52)(H,47,51)/t25-/m0/s1. The first-order chi connectivity index (χ1) is 25.8. The number of aromatic amines is 1. The number of halogens is 2. The third-order valence-corrected chi connectivity index (χ3v) is 10.9. The summed E-state index contributed by atoms with van der Waals surface area (Å²) in [5, 5.41) is 8.21. The summed E-state index contributed by atoms with van der Waals surface area (Å²) in [4.78, 5) is 39.8. The summed E-state index contributed by atoms with van der Waals surface area (Å²) in [6, 6.07) is 29.2. The zero-order valence-electron chi connectivity index (χ0n) is 29.4. The fraction of sp³-hybridized carbons (Fsp3) is 0.244. The summed E-state index contributed by atoms with van der Waals surface area (Å²) in [5.41, 5.74) is 6.81. The molecule has 0 bridgehead atoms. The first-order valence-corrected chi connectivity index (χ1v) is 18.5. The molecule has 12 heteroatoms. The Morgan fingerprint density at radius 3 is 2.42 bits per heavy atom. The Kier molecular flexibility index (Phi) is 9.49. The van der Waals surface area contributed by atoms with Crippen LogP contribution >= 0.6 is 23.2 Å². The van der Waals surface area contributed by atoms with Crippen LogP contribution in [0.25, 0.3) is 33.4 Å². The molecule has 2 saturated heterocycles. The lowest BCUT2D eigenvalue weighted by Crippen LogP contribution is -2.46. The van der Waals surface area contributed by atoms with E-state index in [-0.39, 0.29) is 24.0 Å². The minimum absolute atomic E-state index is 0.00982. The normalized spacial score (nSPS) is 15.5. The van der Waals surface area contributed by atoms with Gasteiger partial charge in [-0.25, -0.2) is 9.78 Å². The Balaban J connectivity index is 1.21. The Morgan fingerprint density at radius 2 is 1.70 bits per heavy atom. The number of fused-ring (bicyclic) bond motifs is 1. The van der Waals surface area contributed by atoms with Crippen molar-refractivity contribution in [3.05, 3.63) is 119 Å². The second-order valence-electron chi connectivity index (χ2n) is 13.5. The Bertz CT molecular complexity index is 2300. The summed E-state index contributed by atoms with van der Waals surface area (Å²) in [7, 11) is 1.61. The van der Waals surface area contributed by atoms with E-state index >= 15 is 0 Å². The molecule has 53 heavy (non-hydrogen) atoms. The van der Waals surface area contributed by atoms with Crippen molar-refractivity contribution in [3.63, 3.8) is 0 Å². The lowest BCUT2D eigenvalue weighted by molar-refractivity contribution is 0.102. The van der Waals surface area contributed by atoms with E-state index in [4.69, 9.17) is 32.9 Å². The molecule has 0 radical (unpaired) electrons. The highest BCUT2D eigenvalue weighted by atomic mass is 35.5. The van der Waals surface area contributed by atoms with Gasteiger partial charge in [-0.15, -0.1) is 0 Å². The Morgan fingerprint density at radius 1 is 0.943 bits per heavy atom. The molecule has 0 saturated carbocycles. The van der Waals surface area contributed by atoms with E-state index < -0.39 is 0 Å². The van der Waals surface area contributed by atoms with Crippen LogP contribution in [0.3, 0.4) is 0 Å². The average molecular weight is 749 g/mol. The van der Waals surface area contributed by atoms with E-state index in [2.05, 4.69) is 32.0 Å². The number of nitrogens with zero attached hydrogens (tertiary/aromatic N) is 4. The number of amides is 3. The Labute approximate surface area is 317 Å². The summed E-state index contributed by atoms with van der Waals surface area (Å²) < 4.78 is 7.73. The molecular weight excluding hydrogens is 709 g/mol. The molecule has 6 aromatic rings. The largest absolute Gasteiger partial charge is 0.497 e. The van der Waals surface area contributed by atoms with Crippen LogP contribution in [0.2, 0.25) is 10.0 Å². The molecule has 2 aromatic heterocycles. The molecule has 10 nitrogen and oxygen atoms in total. The molecule has 8 rings (SSSR count). The number of anilines is 2. The third-order valence-electron chi connectivity index (χ3n) is 10.4. The maximum absolute atomic E-state index is 14.8. The van der Waals surface area contributed by atoms with Gasteiger partial charge in [-0.3, -0.25) is 4.79 Å². The smallest absolute Gasteiger partial charge is 0.317 e. The molecule has 1 atom stereocenters. The van der Waals surface area contributed by atoms with Gasteiger partial charge in [0.15, 0.2) is 0 Å². The molecule has 2 aliphatic heterocycles. The summed E-state index contributed by atoms with van der Waals surface area (Å²) >= 11 is 12.8. The van der Waals surface area contributed by atoms with Gasteiger partial charge in [0.2, 0.25) is 0 Å². The zero-order valence-corrected chi connectivity index (χ0v) is 30.9. The molecule has 0 unspecified atom stereocenters. The number of nitrogens with one attached hydrogen (secondary N) is 3. The lowest BCUT2D eigenvalue weighted by Gasteiger charge is -2.38. The number of ether oxygens (including phenoxy) is 1. The van der Waals surface area contributed by atoms with Gasteiger partial charge in [0, 0.05) is 70.4 Å². The first kappa shape index (κ1) is 34.6. The summed E-state index contributed by atoms with van der Waals surface area (Å²) in [6.07, 6.45) is 3.50.